The first-order valence-corrected chi connectivity index (χ1v) is 6.22. The van der Waals surface area contributed by atoms with Crippen LogP contribution in [-0.2, 0) is 10.0 Å². The molecule has 0 saturated carbocycles. The maximum Gasteiger partial charge on any atom is 0.211 e. The number of rotatable bonds is 6. The standard InChI is InChI=1S/C8H20N2O2S.ClH/c1-7(2)4-5-13(11,12)10-8(3)6-9;/h7-8,10H,4-6,9H2,1-3H3;1H/t8-;/m0./s1. The fourth-order valence-electron chi connectivity index (χ4n) is 0.804. The van der Waals surface area contributed by atoms with Gasteiger partial charge in [0.15, 0.2) is 0 Å². The molecule has 0 spiro atoms. The van der Waals surface area contributed by atoms with Crippen molar-refractivity contribution < 1.29 is 8.42 Å². The summed E-state index contributed by atoms with van der Waals surface area (Å²) in [7, 11) is -3.12. The zero-order chi connectivity index (χ0) is 10.5. The van der Waals surface area contributed by atoms with Crippen molar-refractivity contribution in [1.82, 2.24) is 4.72 Å². The average molecular weight is 245 g/mol. The lowest BCUT2D eigenvalue weighted by molar-refractivity contribution is 0.547. The summed E-state index contributed by atoms with van der Waals surface area (Å²) < 4.78 is 25.2. The van der Waals surface area contributed by atoms with Gasteiger partial charge in [-0.25, -0.2) is 13.1 Å². The van der Waals surface area contributed by atoms with Crippen LogP contribution in [0.3, 0.4) is 0 Å². The van der Waals surface area contributed by atoms with Gasteiger partial charge in [0.2, 0.25) is 10.0 Å². The maximum atomic E-state index is 11.3. The predicted molar refractivity (Wildman–Crippen MR) is 62.1 cm³/mol. The summed E-state index contributed by atoms with van der Waals surface area (Å²) in [6, 6.07) is -0.169. The maximum absolute atomic E-state index is 11.3. The third-order valence-corrected chi connectivity index (χ3v) is 3.23. The van der Waals surface area contributed by atoms with Crippen LogP contribution in [0, 0.1) is 5.92 Å². The molecule has 0 aromatic rings. The van der Waals surface area contributed by atoms with Gasteiger partial charge in [-0.05, 0) is 19.3 Å². The SMILES string of the molecule is CC(C)CCS(=O)(=O)N[C@@H](C)CN.Cl. The van der Waals surface area contributed by atoms with Crippen LogP contribution in [0.2, 0.25) is 0 Å². The minimum absolute atomic E-state index is 0. The van der Waals surface area contributed by atoms with Crippen LogP contribution < -0.4 is 10.5 Å². The van der Waals surface area contributed by atoms with Crippen molar-refractivity contribution in [2.24, 2.45) is 11.7 Å². The van der Waals surface area contributed by atoms with Crippen LogP contribution in [0.1, 0.15) is 27.2 Å². The molecule has 0 radical (unpaired) electrons. The Hall–Kier alpha value is 0.160. The molecule has 0 aliphatic carbocycles. The Bertz CT molecular complexity index is 229. The van der Waals surface area contributed by atoms with Gasteiger partial charge in [-0.3, -0.25) is 0 Å². The van der Waals surface area contributed by atoms with E-state index in [1.54, 1.807) is 6.92 Å². The van der Waals surface area contributed by atoms with E-state index in [2.05, 4.69) is 4.72 Å². The van der Waals surface area contributed by atoms with Gasteiger partial charge in [-0.2, -0.15) is 0 Å². The molecule has 0 saturated heterocycles. The van der Waals surface area contributed by atoms with Gasteiger partial charge in [0.25, 0.3) is 0 Å². The van der Waals surface area contributed by atoms with Crippen molar-refractivity contribution >= 4 is 22.4 Å². The lowest BCUT2D eigenvalue weighted by Crippen LogP contribution is -2.39. The fourth-order valence-corrected chi connectivity index (χ4v) is 2.41. The number of hydrogen-bond donors (Lipinski definition) is 2. The van der Waals surface area contributed by atoms with E-state index in [-0.39, 0.29) is 24.2 Å². The van der Waals surface area contributed by atoms with Crippen molar-refractivity contribution in [1.29, 1.82) is 0 Å². The van der Waals surface area contributed by atoms with Gasteiger partial charge in [0.05, 0.1) is 5.75 Å². The first-order chi connectivity index (χ1) is 5.87. The molecule has 4 nitrogen and oxygen atoms in total. The van der Waals surface area contributed by atoms with E-state index in [1.165, 1.54) is 0 Å². The summed E-state index contributed by atoms with van der Waals surface area (Å²) in [5.74, 6) is 0.597. The smallest absolute Gasteiger partial charge is 0.211 e. The molecular weight excluding hydrogens is 224 g/mol. The number of sulfonamides is 1. The topological polar surface area (TPSA) is 72.2 Å². The van der Waals surface area contributed by atoms with Crippen LogP contribution in [0.5, 0.6) is 0 Å². The van der Waals surface area contributed by atoms with Crippen molar-refractivity contribution in [2.45, 2.75) is 33.2 Å². The second-order valence-electron chi connectivity index (χ2n) is 3.76. The number of hydrogen-bond acceptors (Lipinski definition) is 3. The molecule has 0 aromatic heterocycles. The Morgan fingerprint density at radius 3 is 2.14 bits per heavy atom. The van der Waals surface area contributed by atoms with Gasteiger partial charge in [-0.15, -0.1) is 12.4 Å². The first-order valence-electron chi connectivity index (χ1n) is 4.57. The van der Waals surface area contributed by atoms with E-state index in [0.29, 0.717) is 18.9 Å². The summed E-state index contributed by atoms with van der Waals surface area (Å²) in [6.07, 6.45) is 0.687. The Morgan fingerprint density at radius 2 is 1.79 bits per heavy atom. The first kappa shape index (κ1) is 16.6. The normalized spacial score (nSPS) is 13.8. The molecule has 0 aliphatic rings. The Kier molecular flexibility index (Phi) is 8.83. The molecule has 6 heteroatoms. The monoisotopic (exact) mass is 244 g/mol. The van der Waals surface area contributed by atoms with Gasteiger partial charge in [0, 0.05) is 12.6 Å². The van der Waals surface area contributed by atoms with Gasteiger partial charge < -0.3 is 5.73 Å². The number of nitrogens with two attached hydrogens (primary N) is 1. The molecule has 3 N–H and O–H groups in total. The minimum Gasteiger partial charge on any atom is -0.329 e. The van der Waals surface area contributed by atoms with Crippen LogP contribution in [0.15, 0.2) is 0 Å². The predicted octanol–water partition coefficient (Wildman–Crippen LogP) is 0.721. The molecule has 0 aromatic carbocycles. The Balaban J connectivity index is 0. The summed E-state index contributed by atoms with van der Waals surface area (Å²) in [4.78, 5) is 0. The lowest BCUT2D eigenvalue weighted by Gasteiger charge is -2.12. The minimum atomic E-state index is -3.12. The van der Waals surface area contributed by atoms with Crippen LogP contribution in [-0.4, -0.2) is 26.8 Å². The Morgan fingerprint density at radius 1 is 1.29 bits per heavy atom. The third-order valence-electron chi connectivity index (χ3n) is 1.70. The molecule has 0 unspecified atom stereocenters. The zero-order valence-electron chi connectivity index (χ0n) is 8.99. The molecule has 1 atom stereocenters. The molecule has 0 fully saturated rings. The van der Waals surface area contributed by atoms with Crippen LogP contribution in [0.25, 0.3) is 0 Å². The highest BCUT2D eigenvalue weighted by Gasteiger charge is 2.13. The molecule has 14 heavy (non-hydrogen) atoms. The van der Waals surface area contributed by atoms with E-state index in [0.717, 1.165) is 0 Å². The molecular formula is C8H21ClN2O2S. The fraction of sp³-hybridized carbons (Fsp3) is 1.00. The number of halogens is 1. The zero-order valence-corrected chi connectivity index (χ0v) is 10.6. The molecule has 0 aliphatic heterocycles. The van der Waals surface area contributed by atoms with Gasteiger partial charge in [-0.1, -0.05) is 13.8 Å². The molecule has 0 rings (SSSR count). The van der Waals surface area contributed by atoms with Crippen molar-refractivity contribution in [3.63, 3.8) is 0 Å². The lowest BCUT2D eigenvalue weighted by atomic mass is 10.2. The largest absolute Gasteiger partial charge is 0.329 e. The van der Waals surface area contributed by atoms with Crippen molar-refractivity contribution in [2.75, 3.05) is 12.3 Å². The van der Waals surface area contributed by atoms with E-state index in [9.17, 15) is 8.42 Å². The highest BCUT2D eigenvalue weighted by molar-refractivity contribution is 7.89. The second-order valence-corrected chi connectivity index (χ2v) is 5.63. The molecule has 88 valence electrons. The molecule has 0 amide bonds. The van der Waals surface area contributed by atoms with Crippen LogP contribution in [0.4, 0.5) is 0 Å². The third kappa shape index (κ3) is 8.74. The van der Waals surface area contributed by atoms with Crippen molar-refractivity contribution in [3.05, 3.63) is 0 Å². The summed E-state index contributed by atoms with van der Waals surface area (Å²) >= 11 is 0. The highest BCUT2D eigenvalue weighted by Crippen LogP contribution is 2.02. The summed E-state index contributed by atoms with van der Waals surface area (Å²) in [5, 5.41) is 0. The van der Waals surface area contributed by atoms with E-state index >= 15 is 0 Å². The summed E-state index contributed by atoms with van der Waals surface area (Å²) in [5.41, 5.74) is 5.31. The van der Waals surface area contributed by atoms with Gasteiger partial charge >= 0.3 is 0 Å². The second kappa shape index (κ2) is 7.45. The number of nitrogens with one attached hydrogen (secondary N) is 1. The molecule has 0 bridgehead atoms. The highest BCUT2D eigenvalue weighted by atomic mass is 35.5. The average Bonchev–Trinajstić information content (AvgIpc) is 2.00. The Labute approximate surface area is 93.1 Å². The summed E-state index contributed by atoms with van der Waals surface area (Å²) in [6.45, 7) is 6.09. The van der Waals surface area contributed by atoms with Gasteiger partial charge in [0.1, 0.15) is 0 Å². The molecule has 0 heterocycles. The van der Waals surface area contributed by atoms with E-state index < -0.39 is 10.0 Å². The van der Waals surface area contributed by atoms with E-state index in [1.807, 2.05) is 13.8 Å². The van der Waals surface area contributed by atoms with E-state index in [4.69, 9.17) is 5.73 Å². The quantitative estimate of drug-likeness (QED) is 0.723. The van der Waals surface area contributed by atoms with Crippen molar-refractivity contribution in [3.8, 4) is 0 Å². The van der Waals surface area contributed by atoms with Crippen LogP contribution >= 0.6 is 12.4 Å².